The van der Waals surface area contributed by atoms with Gasteiger partial charge in [-0.15, -0.1) is 0 Å². The number of nitrogens with one attached hydrogen (secondary N) is 2. The number of nitrogens with zero attached hydrogens (tertiary/aromatic N) is 2. The van der Waals surface area contributed by atoms with Crippen LogP contribution in [-0.4, -0.2) is 53.3 Å². The van der Waals surface area contributed by atoms with E-state index < -0.39 is 39.8 Å². The molecule has 3 N–H and O–H groups in total. The molecular formula is C29H29F3N4O6S. The van der Waals surface area contributed by atoms with E-state index in [1.807, 2.05) is 13.8 Å². The summed E-state index contributed by atoms with van der Waals surface area (Å²) in [5, 5.41) is 14.1. The monoisotopic (exact) mass is 618 g/mol. The van der Waals surface area contributed by atoms with Gasteiger partial charge >= 0.3 is 18.1 Å². The number of imidazole rings is 1. The van der Waals surface area contributed by atoms with Crippen molar-refractivity contribution in [2.75, 3.05) is 11.3 Å². The van der Waals surface area contributed by atoms with Crippen LogP contribution in [0.2, 0.25) is 0 Å². The first-order valence-corrected chi connectivity index (χ1v) is 14.5. The molecule has 0 aliphatic carbocycles. The van der Waals surface area contributed by atoms with Crippen molar-refractivity contribution in [2.24, 2.45) is 0 Å². The second-order valence-electron chi connectivity index (χ2n) is 10.4. The number of aryl methyl sites for hydroxylation is 1. The molecule has 0 amide bonds. The SMILES string of the molecule is CC(C)(CCn1cnc2ccc(C(=O)OC(=O)C(F)(F)F)cc21)NCC(O)c1cccc(NS(=O)(=O)c2ccccc2)c1. The van der Waals surface area contributed by atoms with Gasteiger partial charge in [-0.05, 0) is 68.3 Å². The highest BCUT2D eigenvalue weighted by Gasteiger charge is 2.42. The Balaban J connectivity index is 1.36. The van der Waals surface area contributed by atoms with Crippen LogP contribution < -0.4 is 10.0 Å². The molecule has 0 aliphatic heterocycles. The number of rotatable bonds is 11. The quantitative estimate of drug-likeness (QED) is 0.164. The van der Waals surface area contributed by atoms with Crippen molar-refractivity contribution in [2.45, 2.75) is 49.5 Å². The first-order chi connectivity index (χ1) is 20.1. The number of aromatic nitrogens is 2. The third kappa shape index (κ3) is 8.18. The van der Waals surface area contributed by atoms with E-state index in [1.165, 1.54) is 36.7 Å². The Labute approximate surface area is 245 Å². The highest BCUT2D eigenvalue weighted by molar-refractivity contribution is 7.92. The van der Waals surface area contributed by atoms with Gasteiger partial charge in [0.15, 0.2) is 0 Å². The van der Waals surface area contributed by atoms with Gasteiger partial charge in [-0.2, -0.15) is 13.2 Å². The van der Waals surface area contributed by atoms with Crippen molar-refractivity contribution < 1.29 is 41.0 Å². The van der Waals surface area contributed by atoms with Crippen molar-refractivity contribution in [3.8, 4) is 0 Å². The fourth-order valence-electron chi connectivity index (χ4n) is 4.17. The molecule has 10 nitrogen and oxygen atoms in total. The Hall–Kier alpha value is -4.27. The zero-order valence-corrected chi connectivity index (χ0v) is 23.9. The minimum absolute atomic E-state index is 0.114. The van der Waals surface area contributed by atoms with Crippen molar-refractivity contribution in [3.05, 3.63) is 90.3 Å². The Morgan fingerprint density at radius 3 is 2.44 bits per heavy atom. The average molecular weight is 619 g/mol. The van der Waals surface area contributed by atoms with Gasteiger partial charge in [-0.25, -0.2) is 23.0 Å². The van der Waals surface area contributed by atoms with Crippen LogP contribution in [0.4, 0.5) is 18.9 Å². The lowest BCUT2D eigenvalue weighted by molar-refractivity contribution is -0.193. The third-order valence-electron chi connectivity index (χ3n) is 6.60. The number of β-amino-alcohol motifs (C(OH)–C–C–N with tert-alkyl or cyclic N) is 1. The molecule has 43 heavy (non-hydrogen) atoms. The van der Waals surface area contributed by atoms with E-state index in [-0.39, 0.29) is 17.0 Å². The number of aliphatic hydroxyl groups is 1. The summed E-state index contributed by atoms with van der Waals surface area (Å²) in [6, 6.07) is 18.3. The maximum Gasteiger partial charge on any atom is 0.491 e. The van der Waals surface area contributed by atoms with Crippen LogP contribution in [0.25, 0.3) is 11.0 Å². The topological polar surface area (TPSA) is 140 Å². The molecule has 1 unspecified atom stereocenters. The number of aliphatic hydroxyl groups excluding tert-OH is 1. The Morgan fingerprint density at radius 1 is 1.02 bits per heavy atom. The second-order valence-corrected chi connectivity index (χ2v) is 12.1. The molecule has 0 fully saturated rings. The summed E-state index contributed by atoms with van der Waals surface area (Å²) in [6.07, 6.45) is -4.21. The van der Waals surface area contributed by atoms with Crippen LogP contribution in [0.15, 0.2) is 84.0 Å². The molecule has 4 aromatic rings. The van der Waals surface area contributed by atoms with Crippen molar-refractivity contribution >= 4 is 38.7 Å². The van der Waals surface area contributed by atoms with Crippen LogP contribution in [-0.2, 0) is 26.1 Å². The number of hydrogen-bond donors (Lipinski definition) is 3. The molecule has 1 atom stereocenters. The number of fused-ring (bicyclic) bond motifs is 1. The van der Waals surface area contributed by atoms with Gasteiger partial charge in [0.05, 0.1) is 33.9 Å². The summed E-state index contributed by atoms with van der Waals surface area (Å²) in [5.74, 6) is -4.02. The lowest BCUT2D eigenvalue weighted by Gasteiger charge is -2.28. The molecule has 0 bridgehead atoms. The lowest BCUT2D eigenvalue weighted by Crippen LogP contribution is -2.42. The molecule has 0 aliphatic rings. The number of benzene rings is 3. The number of esters is 2. The van der Waals surface area contributed by atoms with E-state index in [1.54, 1.807) is 47.0 Å². The van der Waals surface area contributed by atoms with E-state index >= 15 is 0 Å². The maximum absolute atomic E-state index is 12.7. The zero-order valence-electron chi connectivity index (χ0n) is 23.1. The molecule has 1 aromatic heterocycles. The van der Waals surface area contributed by atoms with E-state index in [4.69, 9.17) is 0 Å². The predicted octanol–water partition coefficient (Wildman–Crippen LogP) is 4.57. The smallest absolute Gasteiger partial charge is 0.387 e. The largest absolute Gasteiger partial charge is 0.491 e. The van der Waals surface area contributed by atoms with Crippen LogP contribution in [0, 0.1) is 0 Å². The molecule has 0 saturated heterocycles. The van der Waals surface area contributed by atoms with Gasteiger partial charge in [0.25, 0.3) is 10.0 Å². The first-order valence-electron chi connectivity index (χ1n) is 13.0. The molecule has 0 radical (unpaired) electrons. The van der Waals surface area contributed by atoms with E-state index in [2.05, 4.69) is 19.8 Å². The number of hydrogen-bond acceptors (Lipinski definition) is 8. The summed E-state index contributed by atoms with van der Waals surface area (Å²) in [7, 11) is -3.80. The second kappa shape index (κ2) is 12.5. The van der Waals surface area contributed by atoms with E-state index in [0.29, 0.717) is 35.2 Å². The number of anilines is 1. The van der Waals surface area contributed by atoms with Gasteiger partial charge < -0.3 is 19.7 Å². The Morgan fingerprint density at radius 2 is 1.74 bits per heavy atom. The molecule has 3 aromatic carbocycles. The maximum atomic E-state index is 12.7. The van der Waals surface area contributed by atoms with Crippen LogP contribution in [0.1, 0.15) is 42.3 Å². The van der Waals surface area contributed by atoms with Crippen LogP contribution in [0.5, 0.6) is 0 Å². The number of halogens is 3. The van der Waals surface area contributed by atoms with E-state index in [0.717, 1.165) is 0 Å². The summed E-state index contributed by atoms with van der Waals surface area (Å²) in [4.78, 5) is 27.5. The van der Waals surface area contributed by atoms with Crippen LogP contribution in [0.3, 0.4) is 0 Å². The van der Waals surface area contributed by atoms with Gasteiger partial charge in [0, 0.05) is 24.3 Å². The number of ether oxygens (including phenoxy) is 1. The summed E-state index contributed by atoms with van der Waals surface area (Å²) in [5.41, 5.74) is 1.00. The molecule has 14 heteroatoms. The predicted molar refractivity (Wildman–Crippen MR) is 152 cm³/mol. The van der Waals surface area contributed by atoms with Gasteiger partial charge in [0.1, 0.15) is 0 Å². The minimum Gasteiger partial charge on any atom is -0.387 e. The van der Waals surface area contributed by atoms with Gasteiger partial charge in [0.2, 0.25) is 0 Å². The highest BCUT2D eigenvalue weighted by Crippen LogP contribution is 2.23. The van der Waals surface area contributed by atoms with Crippen molar-refractivity contribution in [3.63, 3.8) is 0 Å². The number of carbonyl (C=O) groups is 2. The Kier molecular flexibility index (Phi) is 9.23. The average Bonchev–Trinajstić information content (AvgIpc) is 3.37. The first kappa shape index (κ1) is 31.7. The molecule has 228 valence electrons. The fourth-order valence-corrected chi connectivity index (χ4v) is 5.24. The van der Waals surface area contributed by atoms with Crippen molar-refractivity contribution in [1.29, 1.82) is 0 Å². The van der Waals surface area contributed by atoms with Gasteiger partial charge in [-0.1, -0.05) is 30.3 Å². The summed E-state index contributed by atoms with van der Waals surface area (Å²) in [6.45, 7) is 4.36. The standard InChI is InChI=1S/C29H29F3N4O6S/c1-28(2,13-14-36-18-33-23-12-11-20(16-24(23)36)26(38)42-27(39)29(30,31)32)34-17-25(37)19-7-6-8-21(15-19)35-43(40,41)22-9-4-3-5-10-22/h3-12,15-16,18,25,34-35,37H,13-14,17H2,1-2H3. The van der Waals surface area contributed by atoms with Crippen molar-refractivity contribution in [1.82, 2.24) is 14.9 Å². The molecule has 1 heterocycles. The number of alkyl halides is 3. The molecule has 0 saturated carbocycles. The molecule has 4 rings (SSSR count). The Bertz CT molecular complexity index is 1720. The number of carbonyl (C=O) groups excluding carboxylic acids is 2. The summed E-state index contributed by atoms with van der Waals surface area (Å²) < 4.78 is 70.8. The summed E-state index contributed by atoms with van der Waals surface area (Å²) >= 11 is 0. The minimum atomic E-state index is -5.30. The molecule has 0 spiro atoms. The normalized spacial score (nSPS) is 13.1. The zero-order chi connectivity index (χ0) is 31.4. The van der Waals surface area contributed by atoms with E-state index in [9.17, 15) is 36.3 Å². The number of sulfonamides is 1. The lowest BCUT2D eigenvalue weighted by atomic mass is 9.99. The molecular weight excluding hydrogens is 589 g/mol. The third-order valence-corrected chi connectivity index (χ3v) is 8.00. The van der Waals surface area contributed by atoms with Gasteiger partial charge in [-0.3, -0.25) is 4.72 Å². The fraction of sp³-hybridized carbons (Fsp3) is 0.276. The highest BCUT2D eigenvalue weighted by atomic mass is 32.2. The van der Waals surface area contributed by atoms with Crippen LogP contribution >= 0.6 is 0 Å².